The second kappa shape index (κ2) is 11.3. The van der Waals surface area contributed by atoms with Crippen LogP contribution in [0.15, 0.2) is 54.7 Å². The van der Waals surface area contributed by atoms with Crippen molar-refractivity contribution in [2.75, 3.05) is 20.8 Å². The van der Waals surface area contributed by atoms with Crippen LogP contribution in [-0.2, 0) is 24.1 Å². The Kier molecular flexibility index (Phi) is 7.61. The molecule has 208 valence electrons. The van der Waals surface area contributed by atoms with E-state index in [0.29, 0.717) is 30.8 Å². The molecular formula is C30H30FN3O6. The Morgan fingerprint density at radius 1 is 1.02 bits per heavy atom. The van der Waals surface area contributed by atoms with Crippen LogP contribution in [0.2, 0.25) is 0 Å². The molecular weight excluding hydrogens is 517 g/mol. The molecule has 0 saturated heterocycles. The smallest absolute Gasteiger partial charge is 0.316 e. The van der Waals surface area contributed by atoms with Gasteiger partial charge in [-0.15, -0.1) is 0 Å². The van der Waals surface area contributed by atoms with Crippen molar-refractivity contribution >= 4 is 22.7 Å². The molecule has 1 heterocycles. The Hall–Kier alpha value is -4.57. The van der Waals surface area contributed by atoms with E-state index < -0.39 is 24.2 Å². The number of aromatic nitrogens is 1. The van der Waals surface area contributed by atoms with Gasteiger partial charge in [0, 0.05) is 17.1 Å². The van der Waals surface area contributed by atoms with E-state index in [-0.39, 0.29) is 17.9 Å². The minimum atomic E-state index is -2.44. The molecule has 0 fully saturated rings. The summed E-state index contributed by atoms with van der Waals surface area (Å²) >= 11 is 0. The molecule has 10 heteroatoms. The number of carbonyl (C=O) groups is 2. The lowest BCUT2D eigenvalue weighted by atomic mass is 9.84. The zero-order chi connectivity index (χ0) is 28.4. The third kappa shape index (κ3) is 5.17. The molecule has 2 atom stereocenters. The van der Waals surface area contributed by atoms with E-state index in [1.807, 2.05) is 42.6 Å². The predicted octanol–water partition coefficient (Wildman–Crippen LogP) is 3.44. The standard InChI is InChI=1S/C30H30FN3O6/c1-38-26-11-17-8-7-16-10-25(40-28(31)29(32)36)23(12-21(16)22(17)13-27(26)39-2)30(37)34-19(15-35)9-18-14-33-24-6-4-3-5-20(18)24/h3-6,10-14,19,28,33,35H,7-9,15H2,1-2H3,(H2,32,36)(H,34,37)/t19-,28?/m1/s1. The van der Waals surface area contributed by atoms with E-state index in [0.717, 1.165) is 38.7 Å². The second-order valence-electron chi connectivity index (χ2n) is 9.62. The lowest BCUT2D eigenvalue weighted by molar-refractivity contribution is -0.131. The molecule has 5 rings (SSSR count). The van der Waals surface area contributed by atoms with Crippen molar-refractivity contribution in [1.29, 1.82) is 0 Å². The quantitative estimate of drug-likeness (QED) is 0.240. The number of aromatic amines is 1. The van der Waals surface area contributed by atoms with Crippen molar-refractivity contribution in [2.45, 2.75) is 31.7 Å². The highest BCUT2D eigenvalue weighted by atomic mass is 19.1. The van der Waals surface area contributed by atoms with Crippen molar-refractivity contribution in [3.63, 3.8) is 0 Å². The van der Waals surface area contributed by atoms with Crippen molar-refractivity contribution in [3.05, 3.63) is 77.0 Å². The Morgan fingerprint density at radius 2 is 1.68 bits per heavy atom. The predicted molar refractivity (Wildman–Crippen MR) is 147 cm³/mol. The number of ether oxygens (including phenoxy) is 3. The molecule has 1 aliphatic carbocycles. The van der Waals surface area contributed by atoms with Crippen LogP contribution >= 0.6 is 0 Å². The number of primary amides is 1. The number of nitrogens with one attached hydrogen (secondary N) is 2. The number of amides is 2. The third-order valence-corrected chi connectivity index (χ3v) is 7.16. The van der Waals surface area contributed by atoms with Gasteiger partial charge in [0.15, 0.2) is 11.5 Å². The van der Waals surface area contributed by atoms with Crippen molar-refractivity contribution in [3.8, 4) is 28.4 Å². The van der Waals surface area contributed by atoms with E-state index in [4.69, 9.17) is 19.9 Å². The summed E-state index contributed by atoms with van der Waals surface area (Å²) in [5.41, 5.74) is 10.3. The highest BCUT2D eigenvalue weighted by molar-refractivity contribution is 5.99. The monoisotopic (exact) mass is 547 g/mol. The Balaban J connectivity index is 1.51. The number of benzene rings is 3. The molecule has 4 aromatic rings. The van der Waals surface area contributed by atoms with Crippen LogP contribution in [-0.4, -0.2) is 55.1 Å². The third-order valence-electron chi connectivity index (χ3n) is 7.16. The maximum absolute atomic E-state index is 14.3. The number of rotatable bonds is 10. The van der Waals surface area contributed by atoms with Gasteiger partial charge < -0.3 is 35.4 Å². The topological polar surface area (TPSA) is 136 Å². The Morgan fingerprint density at radius 3 is 2.35 bits per heavy atom. The molecule has 3 aromatic carbocycles. The van der Waals surface area contributed by atoms with E-state index in [2.05, 4.69) is 10.3 Å². The first kappa shape index (κ1) is 27.0. The van der Waals surface area contributed by atoms with Crippen molar-refractivity contribution < 1.29 is 33.3 Å². The number of hydrogen-bond acceptors (Lipinski definition) is 6. The molecule has 1 aromatic heterocycles. The molecule has 0 radical (unpaired) electrons. The van der Waals surface area contributed by atoms with Gasteiger partial charge >= 0.3 is 6.36 Å². The summed E-state index contributed by atoms with van der Waals surface area (Å²) in [6.45, 7) is -0.334. The SMILES string of the molecule is COc1cc2c(cc1OC)-c1cc(C(=O)N[C@@H](CO)Cc3c[nH]c4ccccc34)c(OC(F)C(N)=O)cc1CC2. The molecule has 0 spiro atoms. The fraction of sp³-hybridized carbons (Fsp3) is 0.267. The number of aliphatic hydroxyl groups is 1. The lowest BCUT2D eigenvalue weighted by Crippen LogP contribution is -2.39. The van der Waals surface area contributed by atoms with Gasteiger partial charge in [-0.1, -0.05) is 18.2 Å². The van der Waals surface area contributed by atoms with Gasteiger partial charge in [-0.25, -0.2) is 0 Å². The average Bonchev–Trinajstić information content (AvgIpc) is 3.37. The maximum atomic E-state index is 14.3. The van der Waals surface area contributed by atoms with Gasteiger partial charge in [0.2, 0.25) is 0 Å². The molecule has 1 aliphatic rings. The average molecular weight is 548 g/mol. The van der Waals surface area contributed by atoms with Crippen LogP contribution in [0, 0.1) is 0 Å². The molecule has 0 saturated carbocycles. The van der Waals surface area contributed by atoms with Crippen molar-refractivity contribution in [2.24, 2.45) is 5.73 Å². The summed E-state index contributed by atoms with van der Waals surface area (Å²) in [5.74, 6) is -0.903. The first-order valence-corrected chi connectivity index (χ1v) is 12.8. The number of aliphatic hydroxyl groups excluding tert-OH is 1. The number of para-hydroxylation sites is 1. The number of methoxy groups -OCH3 is 2. The zero-order valence-corrected chi connectivity index (χ0v) is 22.1. The van der Waals surface area contributed by atoms with Crippen LogP contribution in [0.25, 0.3) is 22.0 Å². The van der Waals surface area contributed by atoms with Gasteiger partial charge in [0.25, 0.3) is 11.8 Å². The molecule has 0 aliphatic heterocycles. The fourth-order valence-corrected chi connectivity index (χ4v) is 5.16. The van der Waals surface area contributed by atoms with E-state index in [1.165, 1.54) is 7.11 Å². The number of aryl methyl sites for hydroxylation is 2. The van der Waals surface area contributed by atoms with Gasteiger partial charge in [-0.05, 0) is 77.4 Å². The summed E-state index contributed by atoms with van der Waals surface area (Å²) in [6, 6.07) is 14.0. The maximum Gasteiger partial charge on any atom is 0.316 e. The molecule has 9 nitrogen and oxygen atoms in total. The van der Waals surface area contributed by atoms with Crippen LogP contribution < -0.4 is 25.3 Å². The lowest BCUT2D eigenvalue weighted by Gasteiger charge is -2.25. The van der Waals surface area contributed by atoms with Crippen molar-refractivity contribution in [1.82, 2.24) is 10.3 Å². The number of hydrogen-bond donors (Lipinski definition) is 4. The summed E-state index contributed by atoms with van der Waals surface area (Å²) in [7, 11) is 3.10. The van der Waals surface area contributed by atoms with Gasteiger partial charge in [0.1, 0.15) is 5.75 Å². The Labute approximate surface area is 230 Å². The summed E-state index contributed by atoms with van der Waals surface area (Å²) in [5, 5.41) is 13.9. The highest BCUT2D eigenvalue weighted by Gasteiger charge is 2.27. The number of halogens is 1. The van der Waals surface area contributed by atoms with Crippen LogP contribution in [0.4, 0.5) is 4.39 Å². The molecule has 5 N–H and O–H groups in total. The van der Waals surface area contributed by atoms with Gasteiger partial charge in [-0.3, -0.25) is 9.59 Å². The number of H-pyrrole nitrogens is 1. The second-order valence-corrected chi connectivity index (χ2v) is 9.62. The van der Waals surface area contributed by atoms with Gasteiger partial charge in [-0.2, -0.15) is 4.39 Å². The molecule has 2 amide bonds. The minimum absolute atomic E-state index is 0.00246. The highest BCUT2D eigenvalue weighted by Crippen LogP contribution is 2.42. The first-order chi connectivity index (χ1) is 19.3. The van der Waals surface area contributed by atoms with Crippen LogP contribution in [0.1, 0.15) is 27.0 Å². The van der Waals surface area contributed by atoms with Crippen LogP contribution in [0.3, 0.4) is 0 Å². The largest absolute Gasteiger partial charge is 0.493 e. The Bertz CT molecular complexity index is 1580. The number of fused-ring (bicyclic) bond motifs is 4. The summed E-state index contributed by atoms with van der Waals surface area (Å²) in [4.78, 5) is 28.2. The number of carbonyl (C=O) groups excluding carboxylic acids is 2. The van der Waals surface area contributed by atoms with Crippen LogP contribution in [0.5, 0.6) is 17.2 Å². The number of nitrogens with two attached hydrogens (primary N) is 1. The normalized spacial score (nSPS) is 13.6. The van der Waals surface area contributed by atoms with E-state index >= 15 is 0 Å². The molecule has 40 heavy (non-hydrogen) atoms. The summed E-state index contributed by atoms with van der Waals surface area (Å²) in [6.07, 6.45) is 1.000. The minimum Gasteiger partial charge on any atom is -0.493 e. The van der Waals surface area contributed by atoms with Gasteiger partial charge in [0.05, 0.1) is 32.4 Å². The summed E-state index contributed by atoms with van der Waals surface area (Å²) < 4.78 is 30.5. The number of alkyl halides is 1. The molecule has 0 bridgehead atoms. The first-order valence-electron chi connectivity index (χ1n) is 12.8. The van der Waals surface area contributed by atoms with E-state index in [9.17, 15) is 19.1 Å². The zero-order valence-electron chi connectivity index (χ0n) is 22.1. The fourth-order valence-electron chi connectivity index (χ4n) is 5.16. The van der Waals surface area contributed by atoms with E-state index in [1.54, 1.807) is 19.2 Å². The molecule has 1 unspecified atom stereocenters.